The molecule has 0 bridgehead atoms. The van der Waals surface area contributed by atoms with Gasteiger partial charge in [0, 0.05) is 18.5 Å². The van der Waals surface area contributed by atoms with Crippen LogP contribution in [0, 0.1) is 19.8 Å². The van der Waals surface area contributed by atoms with E-state index >= 15 is 0 Å². The van der Waals surface area contributed by atoms with E-state index < -0.39 is 0 Å². The summed E-state index contributed by atoms with van der Waals surface area (Å²) in [6, 6.07) is 5.76. The molecule has 1 atom stereocenters. The van der Waals surface area contributed by atoms with Crippen molar-refractivity contribution in [3.05, 3.63) is 34.9 Å². The summed E-state index contributed by atoms with van der Waals surface area (Å²) >= 11 is 0. The molecule has 1 aliphatic rings. The van der Waals surface area contributed by atoms with E-state index in [1.807, 2.05) is 32.0 Å². The fraction of sp³-hybridized carbons (Fsp3) is 0.556. The second-order valence-electron chi connectivity index (χ2n) is 6.14. The molecule has 1 saturated heterocycles. The highest BCUT2D eigenvalue weighted by atomic mass is 16.2. The van der Waals surface area contributed by atoms with Crippen LogP contribution in [0.25, 0.3) is 0 Å². The van der Waals surface area contributed by atoms with Gasteiger partial charge in [-0.2, -0.15) is 0 Å². The van der Waals surface area contributed by atoms with E-state index in [0.29, 0.717) is 24.4 Å². The molecule has 1 fully saturated rings. The van der Waals surface area contributed by atoms with Crippen molar-refractivity contribution in [2.24, 2.45) is 5.92 Å². The quantitative estimate of drug-likeness (QED) is 0.795. The van der Waals surface area contributed by atoms with Gasteiger partial charge in [0.25, 0.3) is 0 Å². The number of likely N-dealkylation sites (tertiary alicyclic amines) is 1. The molecular formula is C18H25NO2. The van der Waals surface area contributed by atoms with E-state index in [9.17, 15) is 9.59 Å². The highest BCUT2D eigenvalue weighted by molar-refractivity contribution is 5.99. The highest BCUT2D eigenvalue weighted by Crippen LogP contribution is 2.21. The Hall–Kier alpha value is -1.64. The first-order valence-electron chi connectivity index (χ1n) is 7.89. The lowest BCUT2D eigenvalue weighted by atomic mass is 9.98. The summed E-state index contributed by atoms with van der Waals surface area (Å²) in [5.41, 5.74) is 3.01. The van der Waals surface area contributed by atoms with E-state index in [-0.39, 0.29) is 18.2 Å². The van der Waals surface area contributed by atoms with Crippen LogP contribution < -0.4 is 0 Å². The first-order chi connectivity index (χ1) is 10.0. The van der Waals surface area contributed by atoms with Crippen LogP contribution in [0.4, 0.5) is 0 Å². The zero-order chi connectivity index (χ0) is 15.4. The molecule has 0 aliphatic carbocycles. The number of carbonyl (C=O) groups excluding carboxylic acids is 2. The molecule has 1 aliphatic heterocycles. The van der Waals surface area contributed by atoms with Crippen LogP contribution in [0.2, 0.25) is 0 Å². The molecule has 0 aromatic heterocycles. The Kier molecular flexibility index (Phi) is 5.16. The van der Waals surface area contributed by atoms with Crippen molar-refractivity contribution in [2.75, 3.05) is 13.1 Å². The number of Topliss-reactive ketones (excluding diaryl/α,β-unsaturated/α-hetero) is 1. The third-order valence-electron chi connectivity index (χ3n) is 4.67. The average Bonchev–Trinajstić information content (AvgIpc) is 2.64. The standard InChI is InChI=1S/C18H25NO2/c1-4-15-6-8-18(21)19(10-9-15)12-17(20)16-7-5-13(2)14(3)11-16/h5,7,11,15H,4,6,8-10,12H2,1-3H3. The van der Waals surface area contributed by atoms with Crippen LogP contribution in [-0.4, -0.2) is 29.7 Å². The van der Waals surface area contributed by atoms with Gasteiger partial charge in [0.1, 0.15) is 0 Å². The van der Waals surface area contributed by atoms with Crippen molar-refractivity contribution in [2.45, 2.75) is 46.5 Å². The summed E-state index contributed by atoms with van der Waals surface area (Å²) in [6.07, 6.45) is 3.68. The molecule has 114 valence electrons. The van der Waals surface area contributed by atoms with Crippen molar-refractivity contribution in [1.82, 2.24) is 4.90 Å². The molecular weight excluding hydrogens is 262 g/mol. The van der Waals surface area contributed by atoms with Crippen LogP contribution in [0.15, 0.2) is 18.2 Å². The highest BCUT2D eigenvalue weighted by Gasteiger charge is 2.23. The lowest BCUT2D eigenvalue weighted by molar-refractivity contribution is -0.130. The van der Waals surface area contributed by atoms with E-state index in [1.165, 1.54) is 5.56 Å². The van der Waals surface area contributed by atoms with Gasteiger partial charge < -0.3 is 4.90 Å². The van der Waals surface area contributed by atoms with Crippen LogP contribution in [-0.2, 0) is 4.79 Å². The van der Waals surface area contributed by atoms with Gasteiger partial charge in [-0.3, -0.25) is 9.59 Å². The van der Waals surface area contributed by atoms with Crippen molar-refractivity contribution < 1.29 is 9.59 Å². The van der Waals surface area contributed by atoms with Crippen molar-refractivity contribution in [3.63, 3.8) is 0 Å². The zero-order valence-electron chi connectivity index (χ0n) is 13.3. The number of ketones is 1. The maximum atomic E-state index is 12.4. The first-order valence-corrected chi connectivity index (χ1v) is 7.89. The maximum Gasteiger partial charge on any atom is 0.222 e. The predicted octanol–water partition coefficient (Wildman–Crippen LogP) is 3.52. The Labute approximate surface area is 127 Å². The molecule has 1 aromatic carbocycles. The van der Waals surface area contributed by atoms with E-state index in [0.717, 1.165) is 24.8 Å². The number of hydrogen-bond donors (Lipinski definition) is 0. The van der Waals surface area contributed by atoms with Crippen LogP contribution in [0.5, 0.6) is 0 Å². The Morgan fingerprint density at radius 3 is 2.67 bits per heavy atom. The molecule has 1 heterocycles. The summed E-state index contributed by atoms with van der Waals surface area (Å²) in [4.78, 5) is 26.3. The molecule has 0 N–H and O–H groups in total. The fourth-order valence-corrected chi connectivity index (χ4v) is 2.85. The lowest BCUT2D eigenvalue weighted by Gasteiger charge is -2.20. The number of benzene rings is 1. The molecule has 2 rings (SSSR count). The minimum atomic E-state index is 0.0430. The second kappa shape index (κ2) is 6.88. The molecule has 1 aromatic rings. The van der Waals surface area contributed by atoms with Gasteiger partial charge in [0.05, 0.1) is 6.54 Å². The smallest absolute Gasteiger partial charge is 0.222 e. The van der Waals surface area contributed by atoms with Crippen LogP contribution in [0.3, 0.4) is 0 Å². The summed E-state index contributed by atoms with van der Waals surface area (Å²) in [6.45, 7) is 7.15. The van der Waals surface area contributed by atoms with Gasteiger partial charge in [-0.05, 0) is 49.8 Å². The van der Waals surface area contributed by atoms with Crippen molar-refractivity contribution in [3.8, 4) is 0 Å². The topological polar surface area (TPSA) is 37.4 Å². The fourth-order valence-electron chi connectivity index (χ4n) is 2.85. The number of rotatable bonds is 4. The first kappa shape index (κ1) is 15.7. The van der Waals surface area contributed by atoms with Crippen molar-refractivity contribution >= 4 is 11.7 Å². The molecule has 1 amide bonds. The van der Waals surface area contributed by atoms with Crippen molar-refractivity contribution in [1.29, 1.82) is 0 Å². The lowest BCUT2D eigenvalue weighted by Crippen LogP contribution is -2.35. The van der Waals surface area contributed by atoms with Gasteiger partial charge in [-0.15, -0.1) is 0 Å². The average molecular weight is 287 g/mol. The monoisotopic (exact) mass is 287 g/mol. The Morgan fingerprint density at radius 1 is 1.24 bits per heavy atom. The van der Waals surface area contributed by atoms with Crippen LogP contribution in [0.1, 0.15) is 54.1 Å². The molecule has 0 spiro atoms. The molecule has 3 heteroatoms. The molecule has 0 radical (unpaired) electrons. The number of hydrogen-bond acceptors (Lipinski definition) is 2. The SMILES string of the molecule is CCC1CCC(=O)N(CC(=O)c2ccc(C)c(C)c2)CC1. The number of nitrogens with zero attached hydrogens (tertiary/aromatic N) is 1. The number of aryl methyl sites for hydroxylation is 2. The van der Waals surface area contributed by atoms with Gasteiger partial charge in [0.15, 0.2) is 5.78 Å². The molecule has 21 heavy (non-hydrogen) atoms. The normalized spacial score (nSPS) is 19.5. The predicted molar refractivity (Wildman–Crippen MR) is 84.5 cm³/mol. The van der Waals surface area contributed by atoms with E-state index in [1.54, 1.807) is 4.90 Å². The minimum Gasteiger partial charge on any atom is -0.335 e. The summed E-state index contributed by atoms with van der Waals surface area (Å²) in [5, 5.41) is 0. The summed E-state index contributed by atoms with van der Waals surface area (Å²) in [7, 11) is 0. The van der Waals surface area contributed by atoms with Gasteiger partial charge in [-0.1, -0.05) is 25.5 Å². The minimum absolute atomic E-state index is 0.0430. The van der Waals surface area contributed by atoms with Gasteiger partial charge >= 0.3 is 0 Å². The molecule has 3 nitrogen and oxygen atoms in total. The van der Waals surface area contributed by atoms with E-state index in [2.05, 4.69) is 6.92 Å². The molecule has 1 unspecified atom stereocenters. The largest absolute Gasteiger partial charge is 0.335 e. The van der Waals surface area contributed by atoms with Gasteiger partial charge in [0.2, 0.25) is 5.91 Å². The Balaban J connectivity index is 2.04. The number of carbonyl (C=O) groups is 2. The maximum absolute atomic E-state index is 12.4. The summed E-state index contributed by atoms with van der Waals surface area (Å²) in [5.74, 6) is 0.792. The van der Waals surface area contributed by atoms with Gasteiger partial charge in [-0.25, -0.2) is 0 Å². The third kappa shape index (κ3) is 3.93. The number of amides is 1. The third-order valence-corrected chi connectivity index (χ3v) is 4.67. The Bertz CT molecular complexity index is 536. The van der Waals surface area contributed by atoms with Crippen LogP contribution >= 0.6 is 0 Å². The molecule has 0 saturated carbocycles. The van der Waals surface area contributed by atoms with E-state index in [4.69, 9.17) is 0 Å². The summed E-state index contributed by atoms with van der Waals surface area (Å²) < 4.78 is 0. The zero-order valence-corrected chi connectivity index (χ0v) is 13.3. The Morgan fingerprint density at radius 2 is 2.00 bits per heavy atom. The second-order valence-corrected chi connectivity index (χ2v) is 6.14.